The zero-order valence-corrected chi connectivity index (χ0v) is 12.5. The summed E-state index contributed by atoms with van der Waals surface area (Å²) in [5.41, 5.74) is 7.17. The average Bonchev–Trinajstić information content (AvgIpc) is 2.96. The summed E-state index contributed by atoms with van der Waals surface area (Å²) >= 11 is 0. The minimum absolute atomic E-state index is 0.319. The number of ether oxygens (including phenoxy) is 3. The van der Waals surface area contributed by atoms with Crippen LogP contribution in [0.25, 0.3) is 0 Å². The molecule has 116 valence electrons. The van der Waals surface area contributed by atoms with Crippen LogP contribution in [0.15, 0.2) is 18.2 Å². The number of nitrogen functional groups attached to an aromatic ring is 1. The van der Waals surface area contributed by atoms with E-state index in [1.54, 1.807) is 26.2 Å². The fraction of sp³-hybridized carbons (Fsp3) is 0.533. The van der Waals surface area contributed by atoms with Gasteiger partial charge in [0.1, 0.15) is 5.60 Å². The predicted molar refractivity (Wildman–Crippen MR) is 80.5 cm³/mol. The Hall–Kier alpha value is -1.79. The number of carbonyl (C=O) groups excluding carboxylic acids is 1. The zero-order valence-electron chi connectivity index (χ0n) is 12.5. The van der Waals surface area contributed by atoms with Gasteiger partial charge in [-0.15, -0.1) is 0 Å². The van der Waals surface area contributed by atoms with Gasteiger partial charge in [-0.25, -0.2) is 4.79 Å². The van der Waals surface area contributed by atoms with Gasteiger partial charge < -0.3 is 25.3 Å². The lowest BCUT2D eigenvalue weighted by Gasteiger charge is -2.27. The number of esters is 1. The third kappa shape index (κ3) is 3.46. The first kappa shape index (κ1) is 15.6. The molecule has 0 aliphatic carbocycles. The number of hydrogen-bond acceptors (Lipinski definition) is 6. The Morgan fingerprint density at radius 2 is 2.33 bits per heavy atom. The van der Waals surface area contributed by atoms with Crippen molar-refractivity contribution in [3.63, 3.8) is 0 Å². The molecular weight excluding hydrogens is 272 g/mol. The lowest BCUT2D eigenvalue weighted by Crippen LogP contribution is -2.39. The van der Waals surface area contributed by atoms with Crippen LogP contribution in [-0.4, -0.2) is 45.0 Å². The molecule has 0 saturated carbocycles. The molecule has 3 N–H and O–H groups in total. The van der Waals surface area contributed by atoms with Crippen LogP contribution in [0.3, 0.4) is 0 Å². The molecule has 2 rings (SSSR count). The van der Waals surface area contributed by atoms with Crippen molar-refractivity contribution in [1.29, 1.82) is 0 Å². The Morgan fingerprint density at radius 3 is 2.95 bits per heavy atom. The van der Waals surface area contributed by atoms with Crippen molar-refractivity contribution in [2.45, 2.75) is 18.9 Å². The second-order valence-corrected chi connectivity index (χ2v) is 5.03. The van der Waals surface area contributed by atoms with Crippen LogP contribution >= 0.6 is 0 Å². The highest BCUT2D eigenvalue weighted by Gasteiger charge is 2.34. The summed E-state index contributed by atoms with van der Waals surface area (Å²) in [6.07, 6.45) is 0.827. The van der Waals surface area contributed by atoms with E-state index in [0.717, 1.165) is 6.42 Å². The van der Waals surface area contributed by atoms with Gasteiger partial charge in [-0.2, -0.15) is 0 Å². The number of nitrogens with two attached hydrogens (primary N) is 1. The molecule has 1 fully saturated rings. The van der Waals surface area contributed by atoms with Crippen LogP contribution in [0.2, 0.25) is 0 Å². The summed E-state index contributed by atoms with van der Waals surface area (Å²) in [6.45, 7) is 3.89. The van der Waals surface area contributed by atoms with Crippen molar-refractivity contribution in [2.75, 3.05) is 44.5 Å². The summed E-state index contributed by atoms with van der Waals surface area (Å²) in [5, 5.41) is 3.25. The van der Waals surface area contributed by atoms with E-state index >= 15 is 0 Å². The molecule has 6 heteroatoms. The average molecular weight is 294 g/mol. The molecule has 0 spiro atoms. The van der Waals surface area contributed by atoms with Gasteiger partial charge in [0.25, 0.3) is 0 Å². The van der Waals surface area contributed by atoms with Gasteiger partial charge in [-0.3, -0.25) is 0 Å². The van der Waals surface area contributed by atoms with Gasteiger partial charge in [-0.1, -0.05) is 6.07 Å². The number of nitrogens with one attached hydrogen (secondary N) is 1. The third-order valence-corrected chi connectivity index (χ3v) is 3.70. The number of para-hydroxylation sites is 1. The maximum absolute atomic E-state index is 11.8. The van der Waals surface area contributed by atoms with Crippen molar-refractivity contribution in [3.8, 4) is 0 Å². The highest BCUT2D eigenvalue weighted by Crippen LogP contribution is 2.27. The lowest BCUT2D eigenvalue weighted by atomic mass is 10.0. The molecule has 1 aliphatic rings. The molecule has 1 aromatic rings. The Labute approximate surface area is 124 Å². The van der Waals surface area contributed by atoms with E-state index in [9.17, 15) is 4.79 Å². The quantitative estimate of drug-likeness (QED) is 0.613. The summed E-state index contributed by atoms with van der Waals surface area (Å²) in [6, 6.07) is 5.26. The van der Waals surface area contributed by atoms with Crippen molar-refractivity contribution >= 4 is 17.3 Å². The Balaban J connectivity index is 2.10. The smallest absolute Gasteiger partial charge is 0.340 e. The highest BCUT2D eigenvalue weighted by molar-refractivity contribution is 5.98. The van der Waals surface area contributed by atoms with E-state index in [4.69, 9.17) is 19.9 Å². The second-order valence-electron chi connectivity index (χ2n) is 5.03. The molecule has 1 atom stereocenters. The summed E-state index contributed by atoms with van der Waals surface area (Å²) in [7, 11) is 1.68. The second kappa shape index (κ2) is 6.78. The molecule has 21 heavy (non-hydrogen) atoms. The molecule has 0 aromatic heterocycles. The molecule has 1 heterocycles. The molecular formula is C15H22N2O4. The molecule has 0 radical (unpaired) electrons. The Bertz CT molecular complexity index is 498. The summed E-state index contributed by atoms with van der Waals surface area (Å²) in [5.74, 6) is -0.413. The molecule has 1 saturated heterocycles. The van der Waals surface area contributed by atoms with Crippen molar-refractivity contribution in [3.05, 3.63) is 23.8 Å². The molecule has 0 bridgehead atoms. The number of rotatable bonds is 6. The van der Waals surface area contributed by atoms with Gasteiger partial charge in [0, 0.05) is 26.7 Å². The number of anilines is 2. The maximum Gasteiger partial charge on any atom is 0.340 e. The molecule has 1 aromatic carbocycles. The predicted octanol–water partition coefficient (Wildman–Crippen LogP) is 1.66. The summed E-state index contributed by atoms with van der Waals surface area (Å²) in [4.78, 5) is 11.8. The Morgan fingerprint density at radius 1 is 1.52 bits per heavy atom. The third-order valence-electron chi connectivity index (χ3n) is 3.70. The topological polar surface area (TPSA) is 82.8 Å². The van der Waals surface area contributed by atoms with Gasteiger partial charge in [0.05, 0.1) is 30.2 Å². The molecule has 1 unspecified atom stereocenters. The van der Waals surface area contributed by atoms with E-state index in [2.05, 4.69) is 5.32 Å². The largest absolute Gasteiger partial charge is 0.462 e. The number of carbonyl (C=O) groups is 1. The fourth-order valence-electron chi connectivity index (χ4n) is 2.32. The lowest BCUT2D eigenvalue weighted by molar-refractivity contribution is -0.00618. The van der Waals surface area contributed by atoms with E-state index in [1.165, 1.54) is 0 Å². The van der Waals surface area contributed by atoms with Gasteiger partial charge in [0.15, 0.2) is 0 Å². The van der Waals surface area contributed by atoms with Crippen LogP contribution < -0.4 is 11.1 Å². The van der Waals surface area contributed by atoms with E-state index in [1.807, 2.05) is 6.07 Å². The first-order valence-electron chi connectivity index (χ1n) is 7.04. The number of hydrogen-bond donors (Lipinski definition) is 2. The van der Waals surface area contributed by atoms with Crippen molar-refractivity contribution < 1.29 is 19.0 Å². The SMILES string of the molecule is CCOC(=O)c1cccc(NCC2(OC)CCOC2)c1N. The van der Waals surface area contributed by atoms with Crippen LogP contribution in [0.5, 0.6) is 0 Å². The van der Waals surface area contributed by atoms with Crippen LogP contribution in [0.4, 0.5) is 11.4 Å². The van der Waals surface area contributed by atoms with Crippen molar-refractivity contribution in [1.82, 2.24) is 0 Å². The Kier molecular flexibility index (Phi) is 5.03. The first-order chi connectivity index (χ1) is 10.1. The minimum atomic E-state index is -0.413. The van der Waals surface area contributed by atoms with Gasteiger partial charge in [-0.05, 0) is 19.1 Å². The maximum atomic E-state index is 11.8. The fourth-order valence-corrected chi connectivity index (χ4v) is 2.32. The standard InChI is InChI=1S/C15H22N2O4/c1-3-21-14(18)11-5-4-6-12(13(11)16)17-9-15(19-2)7-8-20-10-15/h4-6,17H,3,7-10,16H2,1-2H3. The molecule has 6 nitrogen and oxygen atoms in total. The first-order valence-corrected chi connectivity index (χ1v) is 7.04. The van der Waals surface area contributed by atoms with Crippen LogP contribution in [0.1, 0.15) is 23.7 Å². The van der Waals surface area contributed by atoms with Crippen LogP contribution in [-0.2, 0) is 14.2 Å². The van der Waals surface area contributed by atoms with E-state index < -0.39 is 5.97 Å². The molecule has 1 aliphatic heterocycles. The van der Waals surface area contributed by atoms with Gasteiger partial charge >= 0.3 is 5.97 Å². The van der Waals surface area contributed by atoms with E-state index in [0.29, 0.717) is 43.3 Å². The van der Waals surface area contributed by atoms with E-state index in [-0.39, 0.29) is 5.60 Å². The highest BCUT2D eigenvalue weighted by atomic mass is 16.5. The minimum Gasteiger partial charge on any atom is -0.462 e. The van der Waals surface area contributed by atoms with Crippen molar-refractivity contribution in [2.24, 2.45) is 0 Å². The summed E-state index contributed by atoms with van der Waals surface area (Å²) < 4.78 is 15.9. The normalized spacial score (nSPS) is 21.2. The zero-order chi connectivity index (χ0) is 15.3. The van der Waals surface area contributed by atoms with Crippen LogP contribution in [0, 0.1) is 0 Å². The van der Waals surface area contributed by atoms with Gasteiger partial charge in [0.2, 0.25) is 0 Å². The number of methoxy groups -OCH3 is 1. The number of benzene rings is 1. The monoisotopic (exact) mass is 294 g/mol. The molecule has 0 amide bonds.